The molecule has 1 fully saturated rings. The van der Waals surface area contributed by atoms with E-state index in [2.05, 4.69) is 47.7 Å². The molecular weight excluding hydrogens is 995 g/mol. The Morgan fingerprint density at radius 2 is 1.21 bits per heavy atom. The fraction of sp³-hybridized carbons (Fsp3) is 0.792. The van der Waals surface area contributed by atoms with E-state index >= 15 is 0 Å². The van der Waals surface area contributed by atoms with Crippen LogP contribution in [-0.4, -0.2) is 131 Å². The zero-order chi connectivity index (χ0) is 58.6. The van der Waals surface area contributed by atoms with Gasteiger partial charge in [-0.25, -0.2) is 10.9 Å². The molecule has 0 saturated carbocycles. The van der Waals surface area contributed by atoms with Crippen molar-refractivity contribution in [1.82, 2.24) is 42.8 Å². The fourth-order valence-corrected chi connectivity index (χ4v) is 8.74. The number of aliphatic hydroxyl groups excluding tert-OH is 1. The van der Waals surface area contributed by atoms with Gasteiger partial charge in [0.15, 0.2) is 5.96 Å². The van der Waals surface area contributed by atoms with Crippen molar-refractivity contribution in [3.8, 4) is 0 Å². The Bertz CT molecular complexity index is 2000. The molecule has 24 nitrogen and oxygen atoms in total. The number of nitrogens with one attached hydrogen (secondary N) is 8. The molecule has 440 valence electrons. The Balaban J connectivity index is 3.68. The van der Waals surface area contributed by atoms with Crippen molar-refractivity contribution in [1.29, 1.82) is 0 Å². The lowest BCUT2D eigenvalue weighted by Crippen LogP contribution is -2.66. The minimum absolute atomic E-state index is 0.0205. The van der Waals surface area contributed by atoms with Crippen LogP contribution < -0.4 is 65.7 Å². The van der Waals surface area contributed by atoms with Gasteiger partial charge in [0.25, 0.3) is 0 Å². The topological polar surface area (TPSA) is 404 Å². The second kappa shape index (κ2) is 34.9. The van der Waals surface area contributed by atoms with E-state index in [0.717, 1.165) is 25.7 Å². The van der Waals surface area contributed by atoms with E-state index in [1.165, 1.54) is 0 Å². The molecule has 0 aromatic heterocycles. The number of guanidine groups is 1. The van der Waals surface area contributed by atoms with Gasteiger partial charge in [-0.3, -0.25) is 52.9 Å². The van der Waals surface area contributed by atoms with Crippen molar-refractivity contribution in [3.63, 3.8) is 0 Å². The summed E-state index contributed by atoms with van der Waals surface area (Å²) in [5.74, 6) is -8.51. The predicted octanol–water partition coefficient (Wildman–Crippen LogP) is 0.541. The number of primary amides is 2. The maximum absolute atomic E-state index is 14.8. The van der Waals surface area contributed by atoms with Gasteiger partial charge in [-0.15, -0.1) is 0 Å². The lowest BCUT2D eigenvalue weighted by Gasteiger charge is -2.35. The number of hydrogen-bond donors (Lipinski definition) is 13. The lowest BCUT2D eigenvalue weighted by molar-refractivity contribution is -0.141. The fourth-order valence-electron chi connectivity index (χ4n) is 8.74. The summed E-state index contributed by atoms with van der Waals surface area (Å²) in [5, 5.41) is 26.4. The van der Waals surface area contributed by atoms with Crippen molar-refractivity contribution in [3.05, 3.63) is 0 Å². The van der Waals surface area contributed by atoms with Gasteiger partial charge in [0.1, 0.15) is 35.7 Å². The first-order valence-electron chi connectivity index (χ1n) is 27.7. The third kappa shape index (κ3) is 25.5. The van der Waals surface area contributed by atoms with Crippen LogP contribution in [0.3, 0.4) is 0 Å². The van der Waals surface area contributed by atoms with Crippen LogP contribution in [-0.2, 0) is 47.9 Å². The summed E-state index contributed by atoms with van der Waals surface area (Å²) in [6.07, 6.45) is 6.69. The minimum atomic E-state index is -1.58. The number of aliphatic hydroxyl groups is 1. The molecule has 1 aliphatic heterocycles. The van der Waals surface area contributed by atoms with E-state index < -0.39 is 119 Å². The molecule has 0 aromatic carbocycles. The SMILES string of the molecule is CCCC[C@H](NC(=O)[C@@H](NC(=O)[C@]1(C)CCCCCCCCC(C)(C)C(=O)N[C@@H](CC(C)C)C(=O)N[C@@H](CC(C)C)C(=O)C(=O)[C@H](CCC(N)=O)NN1)[C@@H](C)CC)C(=O)N[C@@H](CO)C(=O)N[C@@H](CCCN=C(N)N)C(N)=O. The number of carbonyl (C=O) groups excluding carboxylic acids is 10. The van der Waals surface area contributed by atoms with Crippen LogP contribution in [0, 0.1) is 23.2 Å². The number of ketones is 2. The molecule has 17 N–H and O–H groups in total. The van der Waals surface area contributed by atoms with Crippen LogP contribution in [0.2, 0.25) is 0 Å². The van der Waals surface area contributed by atoms with Gasteiger partial charge >= 0.3 is 0 Å². The van der Waals surface area contributed by atoms with Crippen LogP contribution in [0.15, 0.2) is 4.99 Å². The number of Topliss-reactive ketones (excluding diaryl/α,β-unsaturated/α-hetero) is 2. The number of hydrogen-bond acceptors (Lipinski definition) is 14. The number of hydrazine groups is 1. The predicted molar refractivity (Wildman–Crippen MR) is 293 cm³/mol. The van der Waals surface area contributed by atoms with Crippen molar-refractivity contribution in [2.24, 2.45) is 51.1 Å². The van der Waals surface area contributed by atoms with Crippen LogP contribution >= 0.6 is 0 Å². The van der Waals surface area contributed by atoms with Crippen LogP contribution in [0.25, 0.3) is 0 Å². The molecule has 1 aliphatic rings. The number of rotatable bonds is 26. The van der Waals surface area contributed by atoms with Crippen molar-refractivity contribution in [2.75, 3.05) is 13.2 Å². The van der Waals surface area contributed by atoms with Gasteiger partial charge in [0, 0.05) is 18.4 Å². The van der Waals surface area contributed by atoms with Crippen molar-refractivity contribution < 1.29 is 53.1 Å². The highest BCUT2D eigenvalue weighted by molar-refractivity contribution is 6.41. The smallest absolute Gasteiger partial charge is 0.245 e. The highest BCUT2D eigenvalue weighted by Gasteiger charge is 2.41. The lowest BCUT2D eigenvalue weighted by atomic mass is 9.85. The number of carbonyl (C=O) groups is 10. The third-order valence-electron chi connectivity index (χ3n) is 14.0. The molecule has 0 spiro atoms. The monoisotopic (exact) mass is 1090 g/mol. The van der Waals surface area contributed by atoms with Gasteiger partial charge in [-0.2, -0.15) is 0 Å². The first-order valence-corrected chi connectivity index (χ1v) is 27.7. The van der Waals surface area contributed by atoms with Gasteiger partial charge in [-0.1, -0.05) is 120 Å². The normalized spacial score (nSPS) is 22.4. The Hall–Kier alpha value is -5.75. The number of nitrogens with two attached hydrogens (primary N) is 4. The van der Waals surface area contributed by atoms with Crippen LogP contribution in [0.1, 0.15) is 185 Å². The maximum Gasteiger partial charge on any atom is 0.245 e. The Morgan fingerprint density at radius 3 is 1.75 bits per heavy atom. The summed E-state index contributed by atoms with van der Waals surface area (Å²) in [5.41, 5.74) is 25.2. The summed E-state index contributed by atoms with van der Waals surface area (Å²) < 4.78 is 0. The van der Waals surface area contributed by atoms with Crippen LogP contribution in [0.4, 0.5) is 0 Å². The number of amides is 8. The van der Waals surface area contributed by atoms with Gasteiger partial charge in [0.2, 0.25) is 58.8 Å². The van der Waals surface area contributed by atoms with E-state index in [4.69, 9.17) is 22.9 Å². The quantitative estimate of drug-likeness (QED) is 0.0243. The molecule has 1 saturated heterocycles. The maximum atomic E-state index is 14.8. The first-order chi connectivity index (χ1) is 36.0. The highest BCUT2D eigenvalue weighted by atomic mass is 16.3. The average molecular weight is 1090 g/mol. The number of nitrogens with zero attached hydrogens (tertiary/aromatic N) is 1. The van der Waals surface area contributed by atoms with Crippen molar-refractivity contribution in [2.45, 2.75) is 233 Å². The highest BCUT2D eigenvalue weighted by Crippen LogP contribution is 2.26. The van der Waals surface area contributed by atoms with E-state index in [9.17, 15) is 53.1 Å². The second-order valence-electron chi connectivity index (χ2n) is 22.4. The third-order valence-corrected chi connectivity index (χ3v) is 14.0. The molecule has 77 heavy (non-hydrogen) atoms. The summed E-state index contributed by atoms with van der Waals surface area (Å²) >= 11 is 0. The summed E-state index contributed by atoms with van der Waals surface area (Å²) in [6.45, 7) is 17.4. The molecule has 24 heteroatoms. The average Bonchev–Trinajstić information content (AvgIpc) is 3.35. The summed E-state index contributed by atoms with van der Waals surface area (Å²) in [4.78, 5) is 141. The Labute approximate surface area is 456 Å². The van der Waals surface area contributed by atoms with E-state index in [1.54, 1.807) is 13.8 Å². The van der Waals surface area contributed by atoms with E-state index in [1.807, 2.05) is 55.4 Å². The summed E-state index contributed by atoms with van der Waals surface area (Å²) in [6, 6.07) is -8.95. The molecule has 0 radical (unpaired) electrons. The Kier molecular flexibility index (Phi) is 31.4. The number of unbranched alkanes of at least 4 members (excludes halogenated alkanes) is 1. The van der Waals surface area contributed by atoms with Gasteiger partial charge in [0.05, 0.1) is 18.7 Å². The number of aliphatic imine (C=N–C) groups is 1. The molecule has 1 heterocycles. The molecule has 1 rings (SSSR count). The Morgan fingerprint density at radius 1 is 0.675 bits per heavy atom. The molecule has 0 aromatic rings. The largest absolute Gasteiger partial charge is 0.394 e. The summed E-state index contributed by atoms with van der Waals surface area (Å²) in [7, 11) is 0. The van der Waals surface area contributed by atoms with E-state index in [-0.39, 0.29) is 81.6 Å². The molecule has 0 unspecified atom stereocenters. The molecule has 0 aliphatic carbocycles. The minimum Gasteiger partial charge on any atom is -0.394 e. The standard InChI is InChI=1S/C53H97N13O11/c1-11-13-21-36(45(72)62-39(30-67)47(74)59-35(44(55)71)22-20-27-58-51(56)57)60-48(75)41(33(7)12-2)64-50(77)53(10)26-19-17-15-14-16-18-25-52(8,9)49(76)63-38(29-32(5)6)46(73)61-37(28-31(3)4)43(70)42(69)34(65-66-53)23-24-40(54)68/h31-39,41,65-67H,11-30H2,1-10H3,(H2,54,68)(H2,55,71)(H,59,74)(H,60,75)(H,61,73)(H,62,72)(H,63,76)(H,64,77)(H4,56,57,58)/t33-,34-,35-,36-,37-,38-,39-,41-,53-/m0/s1. The zero-order valence-electron chi connectivity index (χ0n) is 47.7. The molecule has 0 bridgehead atoms. The zero-order valence-corrected chi connectivity index (χ0v) is 47.7. The molecule has 9 atom stereocenters. The van der Waals surface area contributed by atoms with Gasteiger partial charge < -0.3 is 59.9 Å². The molecule has 8 amide bonds. The van der Waals surface area contributed by atoms with E-state index in [0.29, 0.717) is 38.5 Å². The van der Waals surface area contributed by atoms with Crippen molar-refractivity contribution >= 4 is 64.8 Å². The first kappa shape index (κ1) is 69.3. The molecular formula is C53H97N13O11. The van der Waals surface area contributed by atoms with Gasteiger partial charge in [-0.05, 0) is 76.0 Å². The second-order valence-corrected chi connectivity index (χ2v) is 22.4. The van der Waals surface area contributed by atoms with Crippen LogP contribution in [0.5, 0.6) is 0 Å².